The van der Waals surface area contributed by atoms with Crippen molar-refractivity contribution < 1.29 is 13.2 Å². The quantitative estimate of drug-likeness (QED) is 0.615. The third-order valence-corrected chi connectivity index (χ3v) is 1.27. The van der Waals surface area contributed by atoms with Gasteiger partial charge >= 0.3 is 0 Å². The highest BCUT2D eigenvalue weighted by atomic mass is 32.1. The minimum Gasteiger partial charge on any atom is -0.337 e. The summed E-state index contributed by atoms with van der Waals surface area (Å²) in [4.78, 5) is 6.47. The van der Waals surface area contributed by atoms with Gasteiger partial charge in [0.1, 0.15) is 0 Å². The van der Waals surface area contributed by atoms with Gasteiger partial charge in [-0.3, -0.25) is 0 Å². The number of allylic oxidation sites excluding steroid dienone is 1. The van der Waals surface area contributed by atoms with Gasteiger partial charge in [-0.2, -0.15) is 0 Å². The van der Waals surface area contributed by atoms with Gasteiger partial charge in [-0.05, 0) is 18.3 Å². The van der Waals surface area contributed by atoms with Gasteiger partial charge in [0, 0.05) is 12.4 Å². The lowest BCUT2D eigenvalue weighted by molar-refractivity contribution is 0.0752. The van der Waals surface area contributed by atoms with Crippen molar-refractivity contribution >= 4 is 12.2 Å². The maximum absolute atomic E-state index is 11.4. The van der Waals surface area contributed by atoms with Crippen molar-refractivity contribution in [3.63, 3.8) is 0 Å². The summed E-state index contributed by atoms with van der Waals surface area (Å²) in [5.74, 6) is 0. The largest absolute Gasteiger partial charge is 0.337 e. The Morgan fingerprint density at radius 1 is 1.50 bits per heavy atom. The number of alkyl halides is 3. The lowest BCUT2D eigenvalue weighted by Gasteiger charge is -1.95. The first-order valence-corrected chi connectivity index (χ1v) is 4.03. The first-order valence-electron chi connectivity index (χ1n) is 3.62. The third kappa shape index (κ3) is 6.36. The van der Waals surface area contributed by atoms with Gasteiger partial charge in [0.25, 0.3) is 6.43 Å². The maximum atomic E-state index is 11.4. The molecule has 14 heavy (non-hydrogen) atoms. The molecular formula is C8H9F3N2S. The summed E-state index contributed by atoms with van der Waals surface area (Å²) in [7, 11) is 0. The van der Waals surface area contributed by atoms with Gasteiger partial charge in [-0.1, -0.05) is 6.08 Å². The van der Waals surface area contributed by atoms with E-state index in [1.54, 1.807) is 18.5 Å². The molecule has 0 saturated heterocycles. The van der Waals surface area contributed by atoms with E-state index >= 15 is 0 Å². The van der Waals surface area contributed by atoms with Crippen LogP contribution < -0.4 is 0 Å². The molecule has 1 N–H and O–H groups in total. The Kier molecular flexibility index (Phi) is 6.65. The summed E-state index contributed by atoms with van der Waals surface area (Å²) in [6, 6.07) is 1.79. The van der Waals surface area contributed by atoms with E-state index in [4.69, 9.17) is 0 Å². The summed E-state index contributed by atoms with van der Waals surface area (Å²) in [6.45, 7) is 2.83. The van der Waals surface area contributed by atoms with Crippen molar-refractivity contribution in [3.8, 4) is 0 Å². The third-order valence-electron chi connectivity index (χ3n) is 1.05. The Balaban J connectivity index is 0.000000241. The normalized spacial score (nSPS) is 11.4. The second kappa shape index (κ2) is 7.25. The maximum Gasteiger partial charge on any atom is 0.272 e. The Morgan fingerprint density at radius 2 is 2.14 bits per heavy atom. The molecule has 0 bridgehead atoms. The Morgan fingerprint density at radius 3 is 2.29 bits per heavy atom. The van der Waals surface area contributed by atoms with Crippen LogP contribution in [-0.4, -0.2) is 22.6 Å². The molecule has 2 nitrogen and oxygen atoms in total. The van der Waals surface area contributed by atoms with Gasteiger partial charge in [0.15, 0.2) is 10.9 Å². The van der Waals surface area contributed by atoms with E-state index in [1.807, 2.05) is 0 Å². The number of rotatable bonds is 2. The van der Waals surface area contributed by atoms with Crippen LogP contribution in [0.15, 0.2) is 31.1 Å². The van der Waals surface area contributed by atoms with Gasteiger partial charge in [0.2, 0.25) is 0 Å². The molecule has 1 aromatic heterocycles. The van der Waals surface area contributed by atoms with E-state index in [0.29, 0.717) is 10.8 Å². The van der Waals surface area contributed by atoms with Gasteiger partial charge in [-0.25, -0.2) is 18.2 Å². The molecule has 0 aromatic carbocycles. The zero-order valence-corrected chi connectivity index (χ0v) is 7.98. The van der Waals surface area contributed by atoms with E-state index in [2.05, 4.69) is 28.8 Å². The Hall–Kier alpha value is -1.17. The Labute approximate surface area is 84.5 Å². The SMILES string of the molecule is C=CC(F)C(F)F.S=c1nccc[nH]1. The first-order chi connectivity index (χ1) is 6.57. The molecule has 6 heteroatoms. The average Bonchev–Trinajstić information content (AvgIpc) is 2.18. The number of aromatic amines is 1. The van der Waals surface area contributed by atoms with E-state index in [-0.39, 0.29) is 0 Å². The smallest absolute Gasteiger partial charge is 0.272 e. The summed E-state index contributed by atoms with van der Waals surface area (Å²) in [5, 5.41) is 0. The molecular weight excluding hydrogens is 213 g/mol. The molecule has 1 heterocycles. The number of halogens is 3. The average molecular weight is 222 g/mol. The van der Waals surface area contributed by atoms with E-state index in [9.17, 15) is 13.2 Å². The number of aromatic nitrogens is 2. The topological polar surface area (TPSA) is 28.7 Å². The van der Waals surface area contributed by atoms with Crippen molar-refractivity contribution in [1.82, 2.24) is 9.97 Å². The molecule has 0 aliphatic rings. The van der Waals surface area contributed by atoms with Gasteiger partial charge in [0.05, 0.1) is 0 Å². The minimum atomic E-state index is -2.92. The first kappa shape index (κ1) is 12.8. The molecule has 0 aliphatic heterocycles. The number of hydrogen-bond acceptors (Lipinski definition) is 2. The van der Waals surface area contributed by atoms with Crippen LogP contribution in [0.1, 0.15) is 0 Å². The zero-order chi connectivity index (χ0) is 11.0. The van der Waals surface area contributed by atoms with E-state index < -0.39 is 12.6 Å². The second-order valence-corrected chi connectivity index (χ2v) is 2.49. The van der Waals surface area contributed by atoms with Crippen molar-refractivity contribution in [2.75, 3.05) is 0 Å². The number of hydrogen-bond donors (Lipinski definition) is 1. The summed E-state index contributed by atoms with van der Waals surface area (Å²) >= 11 is 4.65. The van der Waals surface area contributed by atoms with Crippen LogP contribution >= 0.6 is 12.2 Å². The second-order valence-electron chi connectivity index (χ2n) is 2.10. The standard InChI is InChI=1S/C4H5F3.C4H4N2S/c1-2-3(5)4(6)7;7-4-5-2-1-3-6-4/h2-4H,1H2;1-3H,(H,5,6,7). The summed E-state index contributed by atoms with van der Waals surface area (Å²) in [5.41, 5.74) is 0. The van der Waals surface area contributed by atoms with Crippen molar-refractivity contribution in [3.05, 3.63) is 35.9 Å². The predicted molar refractivity (Wildman–Crippen MR) is 50.5 cm³/mol. The monoisotopic (exact) mass is 222 g/mol. The molecule has 0 amide bonds. The van der Waals surface area contributed by atoms with Crippen molar-refractivity contribution in [1.29, 1.82) is 0 Å². The van der Waals surface area contributed by atoms with Crippen molar-refractivity contribution in [2.24, 2.45) is 0 Å². The number of H-pyrrole nitrogens is 1. The van der Waals surface area contributed by atoms with E-state index in [1.165, 1.54) is 0 Å². The van der Waals surface area contributed by atoms with Gasteiger partial charge in [-0.15, -0.1) is 6.58 Å². The highest BCUT2D eigenvalue weighted by molar-refractivity contribution is 7.71. The lowest BCUT2D eigenvalue weighted by Crippen LogP contribution is -2.06. The fraction of sp³-hybridized carbons (Fsp3) is 0.250. The predicted octanol–water partition coefficient (Wildman–Crippen LogP) is 2.91. The molecule has 78 valence electrons. The lowest BCUT2D eigenvalue weighted by atomic mass is 10.4. The highest BCUT2D eigenvalue weighted by Gasteiger charge is 2.13. The molecule has 0 fully saturated rings. The highest BCUT2D eigenvalue weighted by Crippen LogP contribution is 2.04. The number of nitrogens with one attached hydrogen (secondary N) is 1. The minimum absolute atomic E-state index is 0.530. The van der Waals surface area contributed by atoms with Crippen LogP contribution in [-0.2, 0) is 0 Å². The van der Waals surface area contributed by atoms with Crippen LogP contribution in [0.25, 0.3) is 0 Å². The molecule has 0 aliphatic carbocycles. The van der Waals surface area contributed by atoms with Crippen LogP contribution in [0.5, 0.6) is 0 Å². The molecule has 0 spiro atoms. The summed E-state index contributed by atoms with van der Waals surface area (Å²) in [6.07, 6.45) is -1.11. The van der Waals surface area contributed by atoms with Crippen molar-refractivity contribution in [2.45, 2.75) is 12.6 Å². The number of nitrogens with zero attached hydrogens (tertiary/aromatic N) is 1. The Bertz CT molecular complexity index is 296. The molecule has 1 unspecified atom stereocenters. The van der Waals surface area contributed by atoms with E-state index in [0.717, 1.165) is 0 Å². The molecule has 1 rings (SSSR count). The molecule has 0 radical (unpaired) electrons. The molecule has 1 aromatic rings. The van der Waals surface area contributed by atoms with Crippen LogP contribution in [0.2, 0.25) is 0 Å². The zero-order valence-electron chi connectivity index (χ0n) is 7.16. The van der Waals surface area contributed by atoms with Crippen LogP contribution in [0.4, 0.5) is 13.2 Å². The fourth-order valence-corrected chi connectivity index (χ4v) is 0.542. The van der Waals surface area contributed by atoms with Crippen LogP contribution in [0.3, 0.4) is 0 Å². The molecule has 0 saturated carbocycles. The molecule has 1 atom stereocenters. The van der Waals surface area contributed by atoms with Gasteiger partial charge < -0.3 is 4.98 Å². The summed E-state index contributed by atoms with van der Waals surface area (Å²) < 4.78 is 33.9. The van der Waals surface area contributed by atoms with Crippen LogP contribution in [0, 0.1) is 4.77 Å². The fourth-order valence-electron chi connectivity index (χ4n) is 0.413.